The Hall–Kier alpha value is -2.54. The largest absolute Gasteiger partial charge is 0.341 e. The van der Waals surface area contributed by atoms with E-state index < -0.39 is 0 Å². The van der Waals surface area contributed by atoms with Crippen molar-refractivity contribution >= 4 is 33.9 Å². The summed E-state index contributed by atoms with van der Waals surface area (Å²) in [5.74, 6) is -0.437. The van der Waals surface area contributed by atoms with Crippen LogP contribution in [0, 0.1) is 5.82 Å². The van der Waals surface area contributed by atoms with E-state index in [0.29, 0.717) is 0 Å². The van der Waals surface area contributed by atoms with E-state index in [0.717, 1.165) is 79.9 Å². The summed E-state index contributed by atoms with van der Waals surface area (Å²) in [5, 5.41) is 0.836. The molecule has 0 atom stereocenters. The summed E-state index contributed by atoms with van der Waals surface area (Å²) >= 11 is 1.63. The highest BCUT2D eigenvalue weighted by Crippen LogP contribution is 2.42. The van der Waals surface area contributed by atoms with Crippen LogP contribution >= 0.6 is 11.3 Å². The van der Waals surface area contributed by atoms with Crippen LogP contribution < -0.4 is 4.90 Å². The Bertz CT molecular complexity index is 1040. The molecule has 3 aliphatic rings. The highest BCUT2D eigenvalue weighted by atomic mass is 32.1. The molecule has 31 heavy (non-hydrogen) atoms. The number of thiophene rings is 1. The summed E-state index contributed by atoms with van der Waals surface area (Å²) in [6, 6.07) is 6.31. The first-order valence-electron chi connectivity index (χ1n) is 11.2. The summed E-state index contributed by atoms with van der Waals surface area (Å²) in [6.07, 6.45) is 7.38. The topological polar surface area (TPSA) is 53.0 Å². The monoisotopic (exact) mass is 439 g/mol. The third-order valence-electron chi connectivity index (χ3n) is 6.43. The van der Waals surface area contributed by atoms with Gasteiger partial charge in [0.2, 0.25) is 11.8 Å². The van der Waals surface area contributed by atoms with Crippen LogP contribution in [0.4, 0.5) is 9.39 Å². The summed E-state index contributed by atoms with van der Waals surface area (Å²) in [7, 11) is 0. The maximum absolute atomic E-state index is 13.5. The van der Waals surface area contributed by atoms with Crippen LogP contribution in [-0.4, -0.2) is 48.6 Å². The molecular weight excluding hydrogens is 413 g/mol. The molecule has 0 saturated carbocycles. The van der Waals surface area contributed by atoms with Gasteiger partial charge < -0.3 is 4.90 Å². The second kappa shape index (κ2) is 8.54. The van der Waals surface area contributed by atoms with Crippen molar-refractivity contribution in [3.8, 4) is 0 Å². The van der Waals surface area contributed by atoms with Gasteiger partial charge >= 0.3 is 0 Å². The summed E-state index contributed by atoms with van der Waals surface area (Å²) in [5.41, 5.74) is 3.78. The molecule has 0 bridgehead atoms. The molecule has 162 valence electrons. The zero-order chi connectivity index (χ0) is 21.4. The predicted octanol–water partition coefficient (Wildman–Crippen LogP) is 3.96. The van der Waals surface area contributed by atoms with Crippen molar-refractivity contribution in [2.24, 2.45) is 4.99 Å². The molecule has 2 aromatic rings. The normalized spacial score (nSPS) is 18.9. The minimum absolute atomic E-state index is 0.00381. The highest BCUT2D eigenvalue weighted by molar-refractivity contribution is 7.17. The molecule has 5 rings (SSSR count). The van der Waals surface area contributed by atoms with Crippen LogP contribution in [0.25, 0.3) is 0 Å². The van der Waals surface area contributed by atoms with Gasteiger partial charge in [-0.3, -0.25) is 19.5 Å². The number of carbonyl (C=O) groups is 2. The fourth-order valence-electron chi connectivity index (χ4n) is 4.79. The molecule has 7 heteroatoms. The van der Waals surface area contributed by atoms with Crippen molar-refractivity contribution in [3.05, 3.63) is 51.7 Å². The van der Waals surface area contributed by atoms with Crippen molar-refractivity contribution in [1.29, 1.82) is 0 Å². The molecular formula is C24H26FN3O2S. The Labute approximate surface area is 185 Å². The number of hydrogen-bond donors (Lipinski definition) is 0. The second-order valence-corrected chi connectivity index (χ2v) is 9.57. The van der Waals surface area contributed by atoms with Crippen LogP contribution in [0.15, 0.2) is 29.3 Å². The third-order valence-corrected chi connectivity index (χ3v) is 7.74. The molecule has 0 N–H and O–H groups in total. The molecule has 1 aromatic heterocycles. The smallest absolute Gasteiger partial charge is 0.249 e. The van der Waals surface area contributed by atoms with Gasteiger partial charge in [0.1, 0.15) is 23.9 Å². The summed E-state index contributed by atoms with van der Waals surface area (Å²) in [6.45, 7) is 1.60. The van der Waals surface area contributed by atoms with Crippen LogP contribution in [0.1, 0.15) is 53.7 Å². The van der Waals surface area contributed by atoms with Gasteiger partial charge in [0, 0.05) is 29.1 Å². The van der Waals surface area contributed by atoms with Gasteiger partial charge in [0.05, 0.1) is 5.71 Å². The zero-order valence-electron chi connectivity index (χ0n) is 17.5. The Morgan fingerprint density at radius 1 is 1.03 bits per heavy atom. The number of aryl methyl sites for hydroxylation is 1. The molecule has 1 aromatic carbocycles. The number of carbonyl (C=O) groups excluding carboxylic acids is 2. The molecule has 0 unspecified atom stereocenters. The fraction of sp³-hybridized carbons (Fsp3) is 0.458. The first kappa shape index (κ1) is 20.4. The highest BCUT2D eigenvalue weighted by Gasteiger charge is 2.34. The van der Waals surface area contributed by atoms with E-state index in [-0.39, 0.29) is 30.7 Å². The van der Waals surface area contributed by atoms with Crippen molar-refractivity contribution in [2.45, 2.75) is 44.9 Å². The predicted molar refractivity (Wildman–Crippen MR) is 121 cm³/mol. The number of benzene rings is 1. The first-order chi connectivity index (χ1) is 15.1. The third kappa shape index (κ3) is 3.91. The van der Waals surface area contributed by atoms with Crippen molar-refractivity contribution < 1.29 is 14.0 Å². The van der Waals surface area contributed by atoms with Gasteiger partial charge in [-0.1, -0.05) is 0 Å². The molecule has 3 heterocycles. The van der Waals surface area contributed by atoms with Gasteiger partial charge in [-0.15, -0.1) is 11.3 Å². The van der Waals surface area contributed by atoms with Gasteiger partial charge in [0.15, 0.2) is 0 Å². The number of likely N-dealkylation sites (tertiary alicyclic amines) is 1. The van der Waals surface area contributed by atoms with Crippen LogP contribution in [0.3, 0.4) is 0 Å². The van der Waals surface area contributed by atoms with Gasteiger partial charge in [-0.05, 0) is 74.8 Å². The van der Waals surface area contributed by atoms with E-state index >= 15 is 0 Å². The standard InChI is InChI=1S/C24H26FN3O2S/c25-17-10-8-16(9-11-17)23-22-18-6-2-3-7-19(18)31-24(22)28(20(29)14-26-23)15-21(30)27-12-4-1-5-13-27/h8-11H,1-7,12-15H2. The SMILES string of the molecule is O=C(CN1C(=O)CN=C(c2ccc(F)cc2)c2c1sc1c2CCCC1)N1CCCCC1. The summed E-state index contributed by atoms with van der Waals surface area (Å²) in [4.78, 5) is 35.7. The first-order valence-corrected chi connectivity index (χ1v) is 12.0. The number of fused-ring (bicyclic) bond motifs is 3. The van der Waals surface area contributed by atoms with Crippen LogP contribution in [-0.2, 0) is 22.4 Å². The number of piperidine rings is 1. The lowest BCUT2D eigenvalue weighted by Crippen LogP contribution is -2.45. The Kier molecular flexibility index (Phi) is 5.61. The van der Waals surface area contributed by atoms with Gasteiger partial charge in [-0.25, -0.2) is 4.39 Å². The van der Waals surface area contributed by atoms with E-state index in [1.54, 1.807) is 28.4 Å². The lowest BCUT2D eigenvalue weighted by Gasteiger charge is -2.29. The van der Waals surface area contributed by atoms with E-state index in [4.69, 9.17) is 0 Å². The lowest BCUT2D eigenvalue weighted by molar-refractivity contribution is -0.132. The second-order valence-electron chi connectivity index (χ2n) is 8.48. The number of anilines is 1. The molecule has 0 radical (unpaired) electrons. The van der Waals surface area contributed by atoms with Crippen LogP contribution in [0.2, 0.25) is 0 Å². The number of aliphatic imine (C=N–C) groups is 1. The molecule has 1 aliphatic carbocycles. The molecule has 1 saturated heterocycles. The maximum atomic E-state index is 13.5. The number of nitrogens with zero attached hydrogens (tertiary/aromatic N) is 3. The van der Waals surface area contributed by atoms with Gasteiger partial charge in [-0.2, -0.15) is 0 Å². The van der Waals surface area contributed by atoms with Crippen molar-refractivity contribution in [3.63, 3.8) is 0 Å². The maximum Gasteiger partial charge on any atom is 0.249 e. The number of hydrogen-bond acceptors (Lipinski definition) is 4. The van der Waals surface area contributed by atoms with Gasteiger partial charge in [0.25, 0.3) is 0 Å². The van der Waals surface area contributed by atoms with E-state index in [1.165, 1.54) is 22.6 Å². The Morgan fingerprint density at radius 3 is 2.55 bits per heavy atom. The van der Waals surface area contributed by atoms with E-state index in [2.05, 4.69) is 4.99 Å². The van der Waals surface area contributed by atoms with E-state index in [9.17, 15) is 14.0 Å². The molecule has 1 fully saturated rings. The Morgan fingerprint density at radius 2 is 1.77 bits per heavy atom. The Balaban J connectivity index is 1.56. The van der Waals surface area contributed by atoms with E-state index in [1.807, 2.05) is 4.90 Å². The van der Waals surface area contributed by atoms with Crippen molar-refractivity contribution in [1.82, 2.24) is 4.90 Å². The zero-order valence-corrected chi connectivity index (χ0v) is 18.3. The minimum atomic E-state index is -0.296. The molecule has 5 nitrogen and oxygen atoms in total. The minimum Gasteiger partial charge on any atom is -0.341 e. The average Bonchev–Trinajstić information content (AvgIpc) is 3.12. The van der Waals surface area contributed by atoms with Crippen molar-refractivity contribution in [2.75, 3.05) is 31.1 Å². The summed E-state index contributed by atoms with van der Waals surface area (Å²) < 4.78 is 13.5. The fourth-order valence-corrected chi connectivity index (χ4v) is 6.20. The molecule has 0 spiro atoms. The number of rotatable bonds is 3. The number of halogens is 1. The lowest BCUT2D eigenvalue weighted by atomic mass is 9.91. The van der Waals surface area contributed by atoms with Crippen LogP contribution in [0.5, 0.6) is 0 Å². The number of amides is 2. The quantitative estimate of drug-likeness (QED) is 0.727. The molecule has 2 aliphatic heterocycles. The molecule has 2 amide bonds. The average molecular weight is 440 g/mol.